The third kappa shape index (κ3) is 2.99. The molecule has 0 bridgehead atoms. The van der Waals surface area contributed by atoms with Gasteiger partial charge in [0.15, 0.2) is 0 Å². The van der Waals surface area contributed by atoms with E-state index >= 15 is 0 Å². The molecule has 1 heterocycles. The Morgan fingerprint density at radius 1 is 1.38 bits per heavy atom. The van der Waals surface area contributed by atoms with Gasteiger partial charge < -0.3 is 10.2 Å². The number of carbonyl (C=O) groups is 2. The van der Waals surface area contributed by atoms with E-state index in [2.05, 4.69) is 17.5 Å². The van der Waals surface area contributed by atoms with Crippen molar-refractivity contribution in [3.05, 3.63) is 35.9 Å². The zero-order chi connectivity index (χ0) is 14.8. The molecule has 1 aromatic rings. The highest BCUT2D eigenvalue weighted by Crippen LogP contribution is 2.29. The van der Waals surface area contributed by atoms with Crippen LogP contribution in [-0.2, 0) is 16.0 Å². The third-order valence-corrected chi connectivity index (χ3v) is 4.27. The van der Waals surface area contributed by atoms with E-state index in [0.717, 1.165) is 36.2 Å². The molecule has 0 spiro atoms. The smallest absolute Gasteiger partial charge is 0.227 e. The summed E-state index contributed by atoms with van der Waals surface area (Å²) in [7, 11) is 1.80. The number of hydrogen-bond donors (Lipinski definition) is 1. The minimum atomic E-state index is 0.0618. The van der Waals surface area contributed by atoms with Crippen LogP contribution in [0.3, 0.4) is 0 Å². The predicted octanol–water partition coefficient (Wildman–Crippen LogP) is 2.89. The maximum absolute atomic E-state index is 12.0. The normalized spacial score (nSPS) is 20.5. The van der Waals surface area contributed by atoms with Crippen LogP contribution in [0.5, 0.6) is 0 Å². The van der Waals surface area contributed by atoms with Gasteiger partial charge in [-0.1, -0.05) is 12.2 Å². The van der Waals surface area contributed by atoms with Gasteiger partial charge in [0, 0.05) is 31.3 Å². The Labute approximate surface area is 124 Å². The molecule has 0 radical (unpaired) electrons. The van der Waals surface area contributed by atoms with E-state index in [-0.39, 0.29) is 11.8 Å². The lowest BCUT2D eigenvalue weighted by Gasteiger charge is -2.26. The molecule has 0 saturated heterocycles. The lowest BCUT2D eigenvalue weighted by Crippen LogP contribution is -2.31. The number of aryl methyl sites for hydroxylation is 1. The van der Waals surface area contributed by atoms with Crippen molar-refractivity contribution in [1.82, 2.24) is 0 Å². The van der Waals surface area contributed by atoms with Crippen molar-refractivity contribution in [3.63, 3.8) is 0 Å². The highest BCUT2D eigenvalue weighted by atomic mass is 16.2. The number of hydrogen-bond acceptors (Lipinski definition) is 2. The number of nitrogens with one attached hydrogen (secondary N) is 1. The fourth-order valence-corrected chi connectivity index (χ4v) is 3.05. The van der Waals surface area contributed by atoms with Crippen LogP contribution in [-0.4, -0.2) is 18.9 Å². The average Bonchev–Trinajstić information content (AvgIpc) is 2.96. The molecule has 0 unspecified atom stereocenters. The number of allylic oxidation sites excluding steroid dienone is 2. The van der Waals surface area contributed by atoms with E-state index in [1.165, 1.54) is 0 Å². The van der Waals surface area contributed by atoms with Gasteiger partial charge in [0.2, 0.25) is 11.8 Å². The van der Waals surface area contributed by atoms with E-state index in [1.54, 1.807) is 11.9 Å². The molecule has 110 valence electrons. The number of amides is 2. The van der Waals surface area contributed by atoms with Crippen molar-refractivity contribution in [2.45, 2.75) is 32.1 Å². The summed E-state index contributed by atoms with van der Waals surface area (Å²) in [6.45, 7) is 0. The van der Waals surface area contributed by atoms with Gasteiger partial charge in [-0.15, -0.1) is 0 Å². The number of benzene rings is 1. The number of nitrogens with zero attached hydrogens (tertiary/aromatic N) is 1. The second kappa shape index (κ2) is 5.72. The molecule has 0 saturated carbocycles. The lowest BCUT2D eigenvalue weighted by molar-refractivity contribution is -0.118. The van der Waals surface area contributed by atoms with Crippen LogP contribution in [0.15, 0.2) is 30.4 Å². The van der Waals surface area contributed by atoms with Gasteiger partial charge in [0.1, 0.15) is 0 Å². The summed E-state index contributed by atoms with van der Waals surface area (Å²) in [6, 6.07) is 5.77. The van der Waals surface area contributed by atoms with Crippen molar-refractivity contribution in [1.29, 1.82) is 0 Å². The summed E-state index contributed by atoms with van der Waals surface area (Å²) < 4.78 is 0. The summed E-state index contributed by atoms with van der Waals surface area (Å²) in [6.07, 6.45) is 8.26. The topological polar surface area (TPSA) is 49.4 Å². The molecule has 3 rings (SSSR count). The molecule has 21 heavy (non-hydrogen) atoms. The first-order valence-corrected chi connectivity index (χ1v) is 7.49. The van der Waals surface area contributed by atoms with E-state index in [9.17, 15) is 9.59 Å². The minimum Gasteiger partial charge on any atom is -0.326 e. The summed E-state index contributed by atoms with van der Waals surface area (Å²) >= 11 is 0. The molecule has 2 aliphatic rings. The van der Waals surface area contributed by atoms with Gasteiger partial charge >= 0.3 is 0 Å². The van der Waals surface area contributed by atoms with Gasteiger partial charge in [0.05, 0.1) is 0 Å². The van der Waals surface area contributed by atoms with Crippen LogP contribution in [0.2, 0.25) is 0 Å². The lowest BCUT2D eigenvalue weighted by atomic mass is 10.0. The molecular weight excluding hydrogens is 264 g/mol. The Bertz CT molecular complexity index is 607. The maximum Gasteiger partial charge on any atom is 0.227 e. The fraction of sp³-hybridized carbons (Fsp3) is 0.412. The Morgan fingerprint density at radius 3 is 3.00 bits per heavy atom. The van der Waals surface area contributed by atoms with Crippen LogP contribution < -0.4 is 10.2 Å². The fourth-order valence-electron chi connectivity index (χ4n) is 3.05. The van der Waals surface area contributed by atoms with Gasteiger partial charge in [-0.25, -0.2) is 0 Å². The number of fused-ring (bicyclic) bond motifs is 1. The predicted molar refractivity (Wildman–Crippen MR) is 83.3 cm³/mol. The van der Waals surface area contributed by atoms with Crippen LogP contribution >= 0.6 is 0 Å². The van der Waals surface area contributed by atoms with Crippen LogP contribution in [0.1, 0.15) is 31.2 Å². The van der Waals surface area contributed by atoms with Crippen LogP contribution in [0.25, 0.3) is 0 Å². The van der Waals surface area contributed by atoms with Gasteiger partial charge in [0.25, 0.3) is 0 Å². The number of anilines is 2. The average molecular weight is 284 g/mol. The zero-order valence-electron chi connectivity index (χ0n) is 12.3. The monoisotopic (exact) mass is 284 g/mol. The van der Waals surface area contributed by atoms with Crippen molar-refractivity contribution in [2.75, 3.05) is 17.3 Å². The third-order valence-electron chi connectivity index (χ3n) is 4.27. The van der Waals surface area contributed by atoms with E-state index in [4.69, 9.17) is 0 Å². The molecule has 0 aromatic heterocycles. The second-order valence-corrected chi connectivity index (χ2v) is 5.81. The first-order valence-electron chi connectivity index (χ1n) is 7.49. The maximum atomic E-state index is 12.0. The Balaban J connectivity index is 1.68. The van der Waals surface area contributed by atoms with E-state index < -0.39 is 0 Å². The van der Waals surface area contributed by atoms with Gasteiger partial charge in [-0.3, -0.25) is 9.59 Å². The molecule has 4 heteroatoms. The molecule has 1 aliphatic carbocycles. The van der Waals surface area contributed by atoms with Crippen molar-refractivity contribution in [2.24, 2.45) is 5.92 Å². The molecule has 4 nitrogen and oxygen atoms in total. The second-order valence-electron chi connectivity index (χ2n) is 5.81. The van der Waals surface area contributed by atoms with Gasteiger partial charge in [-0.2, -0.15) is 0 Å². The largest absolute Gasteiger partial charge is 0.326 e. The minimum absolute atomic E-state index is 0.0618. The molecule has 2 amide bonds. The molecule has 1 atom stereocenters. The Morgan fingerprint density at radius 2 is 2.24 bits per heavy atom. The van der Waals surface area contributed by atoms with E-state index in [1.807, 2.05) is 18.2 Å². The quantitative estimate of drug-likeness (QED) is 0.868. The SMILES string of the molecule is CN1C(=O)CCc2cc(NC(=O)C[C@H]3C=CCC3)ccc21. The first-order chi connectivity index (χ1) is 10.1. The van der Waals surface area contributed by atoms with Crippen molar-refractivity contribution in [3.8, 4) is 0 Å². The highest BCUT2D eigenvalue weighted by molar-refractivity contribution is 5.97. The van der Waals surface area contributed by atoms with Crippen LogP contribution in [0, 0.1) is 5.92 Å². The Hall–Kier alpha value is -2.10. The molecule has 1 aromatic carbocycles. The van der Waals surface area contributed by atoms with Crippen LogP contribution in [0.4, 0.5) is 11.4 Å². The summed E-state index contributed by atoms with van der Waals surface area (Å²) in [4.78, 5) is 25.4. The van der Waals surface area contributed by atoms with E-state index in [0.29, 0.717) is 18.8 Å². The molecule has 1 N–H and O–H groups in total. The number of rotatable bonds is 3. The number of carbonyl (C=O) groups excluding carboxylic acids is 2. The molecule has 1 aliphatic heterocycles. The molecular formula is C17H20N2O2. The standard InChI is InChI=1S/C17H20N2O2/c1-19-15-8-7-14(11-13(15)6-9-17(19)21)18-16(20)10-12-4-2-3-5-12/h2,4,7-8,11-12H,3,5-6,9-10H2,1H3,(H,18,20)/t12-/m0/s1. The molecule has 0 fully saturated rings. The van der Waals surface area contributed by atoms with Crippen molar-refractivity contribution >= 4 is 23.2 Å². The summed E-state index contributed by atoms with van der Waals surface area (Å²) in [5.41, 5.74) is 2.89. The van der Waals surface area contributed by atoms with Crippen molar-refractivity contribution < 1.29 is 9.59 Å². The highest BCUT2D eigenvalue weighted by Gasteiger charge is 2.21. The first kappa shape index (κ1) is 13.9. The summed E-state index contributed by atoms with van der Waals surface area (Å²) in [5, 5.41) is 2.97. The van der Waals surface area contributed by atoms with Gasteiger partial charge in [-0.05, 0) is 48.9 Å². The Kier molecular flexibility index (Phi) is 3.78. The summed E-state index contributed by atoms with van der Waals surface area (Å²) in [5.74, 6) is 0.588. The zero-order valence-corrected chi connectivity index (χ0v) is 12.3.